The van der Waals surface area contributed by atoms with Crippen molar-refractivity contribution in [3.63, 3.8) is 0 Å². The Morgan fingerprint density at radius 3 is 2.58 bits per heavy atom. The predicted molar refractivity (Wildman–Crippen MR) is 148 cm³/mol. The summed E-state index contributed by atoms with van der Waals surface area (Å²) in [6, 6.07) is 23.8. The van der Waals surface area contributed by atoms with Gasteiger partial charge in [0.2, 0.25) is 0 Å². The van der Waals surface area contributed by atoms with E-state index in [0.29, 0.717) is 22.2 Å². The first kappa shape index (κ1) is 24.2. The number of carboxylic acids is 1. The largest absolute Gasteiger partial charge is 0.490 e. The van der Waals surface area contributed by atoms with E-state index in [4.69, 9.17) is 21.4 Å². The predicted octanol–water partition coefficient (Wildman–Crippen LogP) is 6.54. The summed E-state index contributed by atoms with van der Waals surface area (Å²) in [5, 5.41) is 13.4. The number of anilines is 1. The Morgan fingerprint density at radius 2 is 1.84 bits per heavy atom. The molecule has 2 fully saturated rings. The number of carboxylic acid groups (broad SMARTS) is 1. The van der Waals surface area contributed by atoms with Crippen molar-refractivity contribution in [1.82, 2.24) is 10.3 Å². The van der Waals surface area contributed by atoms with Gasteiger partial charge in [-0.25, -0.2) is 4.79 Å². The number of benzene rings is 2. The molecule has 1 aliphatic carbocycles. The molecule has 192 valence electrons. The number of hydrogen-bond donors (Lipinski definition) is 2. The van der Waals surface area contributed by atoms with Gasteiger partial charge >= 0.3 is 5.97 Å². The zero-order valence-corrected chi connectivity index (χ0v) is 21.4. The highest BCUT2D eigenvalue weighted by Crippen LogP contribution is 2.43. The van der Waals surface area contributed by atoms with Crippen molar-refractivity contribution in [2.24, 2.45) is 0 Å². The summed E-state index contributed by atoms with van der Waals surface area (Å²) in [4.78, 5) is 18.1. The maximum Gasteiger partial charge on any atom is 0.335 e. The number of nitrogens with one attached hydrogen (secondary N) is 1. The van der Waals surface area contributed by atoms with Crippen LogP contribution in [0.1, 0.15) is 59.6 Å². The molecule has 2 atom stereocenters. The molecule has 1 saturated carbocycles. The zero-order chi connectivity index (χ0) is 26.1. The van der Waals surface area contributed by atoms with Crippen LogP contribution in [0.15, 0.2) is 89.5 Å². The van der Waals surface area contributed by atoms with Crippen molar-refractivity contribution in [3.05, 3.63) is 102 Å². The van der Waals surface area contributed by atoms with Crippen molar-refractivity contribution < 1.29 is 19.1 Å². The number of rotatable bonds is 7. The maximum atomic E-state index is 11.5. The first-order valence-electron chi connectivity index (χ1n) is 12.8. The summed E-state index contributed by atoms with van der Waals surface area (Å²) in [6.45, 7) is 0. The second-order valence-electron chi connectivity index (χ2n) is 9.60. The molecular weight excluding hydrogens is 498 g/mol. The van der Waals surface area contributed by atoms with Crippen LogP contribution >= 0.6 is 12.2 Å². The lowest BCUT2D eigenvalue weighted by atomic mass is 10.0. The molecule has 2 aromatic carbocycles. The van der Waals surface area contributed by atoms with Gasteiger partial charge in [0, 0.05) is 17.4 Å². The number of ether oxygens (including phenoxy) is 1. The first-order valence-corrected chi connectivity index (χ1v) is 13.2. The van der Waals surface area contributed by atoms with E-state index in [1.54, 1.807) is 24.4 Å². The maximum absolute atomic E-state index is 11.5. The molecule has 0 bridgehead atoms. The third kappa shape index (κ3) is 4.75. The van der Waals surface area contributed by atoms with E-state index in [2.05, 4.69) is 10.3 Å². The van der Waals surface area contributed by atoms with Gasteiger partial charge < -0.3 is 24.5 Å². The highest BCUT2D eigenvalue weighted by molar-refractivity contribution is 7.80. The van der Waals surface area contributed by atoms with E-state index in [-0.39, 0.29) is 23.8 Å². The van der Waals surface area contributed by atoms with E-state index in [0.717, 1.165) is 30.0 Å². The molecule has 3 heterocycles. The molecule has 0 amide bonds. The van der Waals surface area contributed by atoms with Crippen molar-refractivity contribution >= 4 is 29.0 Å². The number of carbonyl (C=O) groups is 1. The van der Waals surface area contributed by atoms with Crippen LogP contribution in [0.3, 0.4) is 0 Å². The summed E-state index contributed by atoms with van der Waals surface area (Å²) in [5.41, 5.74) is 2.65. The number of aromatic nitrogens is 1. The molecule has 0 radical (unpaired) electrons. The van der Waals surface area contributed by atoms with Crippen LogP contribution in [0.25, 0.3) is 11.3 Å². The molecular formula is C30H27N3O4S. The van der Waals surface area contributed by atoms with Gasteiger partial charge in [0.1, 0.15) is 23.3 Å². The second kappa shape index (κ2) is 10.3. The summed E-state index contributed by atoms with van der Waals surface area (Å²) in [7, 11) is 0. The first-order chi connectivity index (χ1) is 18.6. The van der Waals surface area contributed by atoms with Gasteiger partial charge in [0.15, 0.2) is 5.11 Å². The molecule has 2 unspecified atom stereocenters. The number of nitrogens with zero attached hydrogens (tertiary/aromatic N) is 2. The lowest BCUT2D eigenvalue weighted by molar-refractivity contribution is 0.0697. The fourth-order valence-corrected chi connectivity index (χ4v) is 5.62. The second-order valence-corrected chi connectivity index (χ2v) is 9.99. The van der Waals surface area contributed by atoms with Gasteiger partial charge in [-0.2, -0.15) is 0 Å². The topological polar surface area (TPSA) is 87.8 Å². The number of hydrogen-bond acceptors (Lipinski definition) is 5. The Balaban J connectivity index is 1.35. The zero-order valence-electron chi connectivity index (χ0n) is 20.6. The van der Waals surface area contributed by atoms with Gasteiger partial charge in [-0.15, -0.1) is 0 Å². The van der Waals surface area contributed by atoms with Crippen LogP contribution in [0.5, 0.6) is 5.75 Å². The van der Waals surface area contributed by atoms with E-state index in [9.17, 15) is 9.90 Å². The summed E-state index contributed by atoms with van der Waals surface area (Å²) in [5.74, 6) is 1.15. The Kier molecular flexibility index (Phi) is 6.55. The van der Waals surface area contributed by atoms with Crippen molar-refractivity contribution in [2.45, 2.75) is 43.9 Å². The number of aromatic carboxylic acids is 1. The van der Waals surface area contributed by atoms with Crippen molar-refractivity contribution in [2.75, 3.05) is 4.90 Å². The lowest BCUT2D eigenvalue weighted by Crippen LogP contribution is -2.29. The van der Waals surface area contributed by atoms with Crippen LogP contribution in [-0.4, -0.2) is 27.3 Å². The standard InChI is InChI=1S/C30H27N3O4S/c34-29(35)20-7-5-6-19(18-20)25-15-16-26(37-25)28-27(24-10-3-4-17-31-24)32-30(38)33(28)21-11-13-23(14-12-21)36-22-8-1-2-9-22/h3-7,10-18,22,27-28H,1-2,8-9H2,(H,32,38)(H,34,35). The van der Waals surface area contributed by atoms with Crippen molar-refractivity contribution in [3.8, 4) is 17.1 Å². The fourth-order valence-electron chi connectivity index (χ4n) is 5.28. The average molecular weight is 526 g/mol. The Morgan fingerprint density at radius 1 is 1.03 bits per heavy atom. The van der Waals surface area contributed by atoms with Gasteiger partial charge in [-0.05, 0) is 98.6 Å². The lowest BCUT2D eigenvalue weighted by Gasteiger charge is -2.26. The van der Waals surface area contributed by atoms with Crippen LogP contribution in [0, 0.1) is 0 Å². The minimum Gasteiger partial charge on any atom is -0.490 e. The summed E-state index contributed by atoms with van der Waals surface area (Å²) < 4.78 is 12.5. The highest BCUT2D eigenvalue weighted by Gasteiger charge is 2.42. The monoisotopic (exact) mass is 525 g/mol. The van der Waals surface area contributed by atoms with Crippen LogP contribution in [-0.2, 0) is 0 Å². The SMILES string of the molecule is O=C(O)c1cccc(-c2ccc(C3C(c4ccccn4)NC(=S)N3c3ccc(OC4CCCC4)cc3)o2)c1. The molecule has 2 aromatic heterocycles. The molecule has 1 saturated heterocycles. The third-order valence-corrected chi connectivity index (χ3v) is 7.44. The minimum absolute atomic E-state index is 0.206. The molecule has 4 aromatic rings. The number of pyridine rings is 1. The summed E-state index contributed by atoms with van der Waals surface area (Å²) in [6.07, 6.45) is 6.70. The van der Waals surface area contributed by atoms with Gasteiger partial charge in [0.05, 0.1) is 23.4 Å². The molecule has 38 heavy (non-hydrogen) atoms. The fraction of sp³-hybridized carbons (Fsp3) is 0.233. The highest BCUT2D eigenvalue weighted by atomic mass is 32.1. The van der Waals surface area contributed by atoms with Gasteiger partial charge in [-0.3, -0.25) is 4.98 Å². The van der Waals surface area contributed by atoms with E-state index in [1.165, 1.54) is 12.8 Å². The van der Waals surface area contributed by atoms with Crippen LogP contribution in [0.4, 0.5) is 5.69 Å². The van der Waals surface area contributed by atoms with E-state index < -0.39 is 5.97 Å². The smallest absolute Gasteiger partial charge is 0.335 e. The normalized spacial score (nSPS) is 19.5. The van der Waals surface area contributed by atoms with E-state index in [1.807, 2.05) is 65.6 Å². The molecule has 1 aliphatic heterocycles. The van der Waals surface area contributed by atoms with Gasteiger partial charge in [0.25, 0.3) is 0 Å². The van der Waals surface area contributed by atoms with Crippen LogP contribution < -0.4 is 15.0 Å². The Bertz CT molecular complexity index is 1450. The molecule has 8 heteroatoms. The molecule has 0 spiro atoms. The number of furan rings is 1. The molecule has 6 rings (SSSR count). The Hall–Kier alpha value is -4.17. The van der Waals surface area contributed by atoms with E-state index >= 15 is 0 Å². The summed E-state index contributed by atoms with van der Waals surface area (Å²) >= 11 is 5.82. The third-order valence-electron chi connectivity index (χ3n) is 7.13. The molecule has 7 nitrogen and oxygen atoms in total. The molecule has 2 N–H and O–H groups in total. The molecule has 2 aliphatic rings. The minimum atomic E-state index is -0.981. The van der Waals surface area contributed by atoms with Gasteiger partial charge in [-0.1, -0.05) is 18.2 Å². The average Bonchev–Trinajstić information content (AvgIpc) is 3.70. The van der Waals surface area contributed by atoms with Crippen molar-refractivity contribution in [1.29, 1.82) is 0 Å². The number of thiocarbonyl (C=S) groups is 1. The van der Waals surface area contributed by atoms with Crippen LogP contribution in [0.2, 0.25) is 0 Å². The Labute approximate surface area is 226 Å². The quantitative estimate of drug-likeness (QED) is 0.263.